The Morgan fingerprint density at radius 1 is 1.29 bits per heavy atom. The van der Waals surface area contributed by atoms with E-state index in [1.165, 1.54) is 17.0 Å². The number of nitrogens with two attached hydrogens (primary N) is 1. The SMILES string of the molecule is CCN(Cc1cccc(N)c1)C(=O)c1c(O)cccc1F. The standard InChI is InChI=1S/C16H17FN2O2/c1-2-19(10-11-5-3-6-12(18)9-11)16(21)15-13(17)7-4-8-14(15)20/h3-9,20H,2,10,18H2,1H3. The van der Waals surface area contributed by atoms with E-state index in [4.69, 9.17) is 5.73 Å². The van der Waals surface area contributed by atoms with Crippen LogP contribution in [0.2, 0.25) is 0 Å². The van der Waals surface area contributed by atoms with Gasteiger partial charge in [0.1, 0.15) is 17.1 Å². The first kappa shape index (κ1) is 14.8. The summed E-state index contributed by atoms with van der Waals surface area (Å²) in [6.07, 6.45) is 0. The topological polar surface area (TPSA) is 66.6 Å². The van der Waals surface area contributed by atoms with E-state index in [1.54, 1.807) is 25.1 Å². The Bertz CT molecular complexity index is 638. The fourth-order valence-electron chi connectivity index (χ4n) is 2.12. The number of nitrogen functional groups attached to an aromatic ring is 1. The molecule has 0 spiro atoms. The number of hydrogen-bond donors (Lipinski definition) is 2. The number of carbonyl (C=O) groups is 1. The second kappa shape index (κ2) is 6.26. The summed E-state index contributed by atoms with van der Waals surface area (Å²) in [6.45, 7) is 2.48. The van der Waals surface area contributed by atoms with Gasteiger partial charge in [-0.05, 0) is 36.8 Å². The molecule has 110 valence electrons. The lowest BCUT2D eigenvalue weighted by Crippen LogP contribution is -2.31. The van der Waals surface area contributed by atoms with Crippen LogP contribution >= 0.6 is 0 Å². The molecule has 2 aromatic carbocycles. The maximum Gasteiger partial charge on any atom is 0.260 e. The molecule has 5 heteroatoms. The van der Waals surface area contributed by atoms with Crippen molar-refractivity contribution in [2.75, 3.05) is 12.3 Å². The summed E-state index contributed by atoms with van der Waals surface area (Å²) in [5.74, 6) is -1.63. The Balaban J connectivity index is 2.27. The number of amides is 1. The summed E-state index contributed by atoms with van der Waals surface area (Å²) in [5, 5.41) is 9.71. The van der Waals surface area contributed by atoms with Crippen molar-refractivity contribution >= 4 is 11.6 Å². The number of halogens is 1. The lowest BCUT2D eigenvalue weighted by molar-refractivity contribution is 0.0744. The quantitative estimate of drug-likeness (QED) is 0.850. The summed E-state index contributed by atoms with van der Waals surface area (Å²) < 4.78 is 13.8. The summed E-state index contributed by atoms with van der Waals surface area (Å²) in [7, 11) is 0. The minimum atomic E-state index is -0.731. The summed E-state index contributed by atoms with van der Waals surface area (Å²) >= 11 is 0. The minimum absolute atomic E-state index is 0.300. The molecular formula is C16H17FN2O2. The Morgan fingerprint density at radius 3 is 2.62 bits per heavy atom. The molecule has 0 aromatic heterocycles. The van der Waals surface area contributed by atoms with Gasteiger partial charge in [0.15, 0.2) is 0 Å². The van der Waals surface area contributed by atoms with E-state index < -0.39 is 11.7 Å². The first-order valence-electron chi connectivity index (χ1n) is 6.64. The van der Waals surface area contributed by atoms with Gasteiger partial charge < -0.3 is 15.7 Å². The maximum atomic E-state index is 13.8. The van der Waals surface area contributed by atoms with Gasteiger partial charge in [0.25, 0.3) is 5.91 Å². The predicted molar refractivity (Wildman–Crippen MR) is 79.3 cm³/mol. The summed E-state index contributed by atoms with van der Waals surface area (Å²) in [5.41, 5.74) is 6.86. The van der Waals surface area contributed by atoms with Crippen LogP contribution in [0.3, 0.4) is 0 Å². The van der Waals surface area contributed by atoms with E-state index in [1.807, 2.05) is 6.07 Å². The van der Waals surface area contributed by atoms with Crippen LogP contribution in [0.1, 0.15) is 22.8 Å². The molecule has 2 aromatic rings. The number of hydrogen-bond acceptors (Lipinski definition) is 3. The smallest absolute Gasteiger partial charge is 0.260 e. The third-order valence-corrected chi connectivity index (χ3v) is 3.20. The van der Waals surface area contributed by atoms with E-state index >= 15 is 0 Å². The lowest BCUT2D eigenvalue weighted by atomic mass is 10.1. The highest BCUT2D eigenvalue weighted by Gasteiger charge is 2.21. The van der Waals surface area contributed by atoms with Crippen molar-refractivity contribution in [2.45, 2.75) is 13.5 Å². The second-order valence-corrected chi connectivity index (χ2v) is 4.70. The van der Waals surface area contributed by atoms with Crippen LogP contribution in [0, 0.1) is 5.82 Å². The van der Waals surface area contributed by atoms with Crippen LogP contribution < -0.4 is 5.73 Å². The molecule has 0 saturated heterocycles. The molecule has 0 aliphatic heterocycles. The molecule has 0 saturated carbocycles. The van der Waals surface area contributed by atoms with E-state index in [-0.39, 0.29) is 11.3 Å². The van der Waals surface area contributed by atoms with Crippen LogP contribution in [0.15, 0.2) is 42.5 Å². The normalized spacial score (nSPS) is 10.4. The van der Waals surface area contributed by atoms with Crippen LogP contribution in [0.5, 0.6) is 5.75 Å². The molecule has 2 rings (SSSR count). The molecule has 0 fully saturated rings. The Labute approximate surface area is 122 Å². The number of benzene rings is 2. The van der Waals surface area contributed by atoms with Gasteiger partial charge in [-0.15, -0.1) is 0 Å². The second-order valence-electron chi connectivity index (χ2n) is 4.70. The Hall–Kier alpha value is -2.56. The number of nitrogens with zero attached hydrogens (tertiary/aromatic N) is 1. The average molecular weight is 288 g/mol. The highest BCUT2D eigenvalue weighted by Crippen LogP contribution is 2.22. The minimum Gasteiger partial charge on any atom is -0.507 e. The van der Waals surface area contributed by atoms with Crippen molar-refractivity contribution in [3.63, 3.8) is 0 Å². The van der Waals surface area contributed by atoms with Crippen LogP contribution in [0.25, 0.3) is 0 Å². The van der Waals surface area contributed by atoms with Crippen molar-refractivity contribution in [3.05, 3.63) is 59.4 Å². The fourth-order valence-corrected chi connectivity index (χ4v) is 2.12. The number of aromatic hydroxyl groups is 1. The van der Waals surface area contributed by atoms with E-state index in [0.717, 1.165) is 11.6 Å². The molecule has 21 heavy (non-hydrogen) atoms. The zero-order valence-corrected chi connectivity index (χ0v) is 11.7. The Kier molecular flexibility index (Phi) is 4.42. The number of anilines is 1. The maximum absolute atomic E-state index is 13.8. The van der Waals surface area contributed by atoms with Gasteiger partial charge >= 0.3 is 0 Å². The molecule has 0 bridgehead atoms. The monoisotopic (exact) mass is 288 g/mol. The molecule has 0 atom stereocenters. The average Bonchev–Trinajstić information content (AvgIpc) is 2.44. The number of carbonyl (C=O) groups excluding carboxylic acids is 1. The highest BCUT2D eigenvalue weighted by atomic mass is 19.1. The predicted octanol–water partition coefficient (Wildman–Crippen LogP) is 2.78. The Morgan fingerprint density at radius 2 is 2.00 bits per heavy atom. The van der Waals surface area contributed by atoms with Gasteiger partial charge in [-0.2, -0.15) is 0 Å². The van der Waals surface area contributed by atoms with Gasteiger partial charge in [0.05, 0.1) is 0 Å². The molecule has 3 N–H and O–H groups in total. The number of rotatable bonds is 4. The van der Waals surface area contributed by atoms with Crippen LogP contribution in [0.4, 0.5) is 10.1 Å². The molecule has 0 heterocycles. The van der Waals surface area contributed by atoms with Crippen LogP contribution in [-0.2, 0) is 6.54 Å². The third kappa shape index (κ3) is 3.31. The molecule has 0 aliphatic rings. The zero-order chi connectivity index (χ0) is 15.4. The van der Waals surface area contributed by atoms with Gasteiger partial charge in [-0.25, -0.2) is 4.39 Å². The molecule has 0 aliphatic carbocycles. The van der Waals surface area contributed by atoms with Crippen molar-refractivity contribution in [2.24, 2.45) is 0 Å². The van der Waals surface area contributed by atoms with Gasteiger partial charge in [0, 0.05) is 18.8 Å². The molecule has 4 nitrogen and oxygen atoms in total. The molecule has 0 unspecified atom stereocenters. The molecule has 0 radical (unpaired) electrons. The third-order valence-electron chi connectivity index (χ3n) is 3.20. The van der Waals surface area contributed by atoms with Crippen LogP contribution in [-0.4, -0.2) is 22.5 Å². The first-order valence-corrected chi connectivity index (χ1v) is 6.64. The highest BCUT2D eigenvalue weighted by molar-refractivity contribution is 5.97. The fraction of sp³-hybridized carbons (Fsp3) is 0.188. The van der Waals surface area contributed by atoms with Gasteiger partial charge in [-0.1, -0.05) is 18.2 Å². The largest absolute Gasteiger partial charge is 0.507 e. The van der Waals surface area contributed by atoms with E-state index in [0.29, 0.717) is 18.8 Å². The zero-order valence-electron chi connectivity index (χ0n) is 11.7. The van der Waals surface area contributed by atoms with Crippen molar-refractivity contribution in [1.82, 2.24) is 4.90 Å². The molecular weight excluding hydrogens is 271 g/mol. The van der Waals surface area contributed by atoms with E-state index in [2.05, 4.69) is 0 Å². The summed E-state index contributed by atoms with van der Waals surface area (Å²) in [6, 6.07) is 11.0. The van der Waals surface area contributed by atoms with Crippen molar-refractivity contribution in [1.29, 1.82) is 0 Å². The summed E-state index contributed by atoms with van der Waals surface area (Å²) in [4.78, 5) is 13.9. The number of phenols is 1. The van der Waals surface area contributed by atoms with Gasteiger partial charge in [-0.3, -0.25) is 4.79 Å². The van der Waals surface area contributed by atoms with E-state index in [9.17, 15) is 14.3 Å². The van der Waals surface area contributed by atoms with Crippen molar-refractivity contribution < 1.29 is 14.3 Å². The van der Waals surface area contributed by atoms with Crippen molar-refractivity contribution in [3.8, 4) is 5.75 Å². The lowest BCUT2D eigenvalue weighted by Gasteiger charge is -2.22. The molecule has 1 amide bonds. The van der Waals surface area contributed by atoms with Gasteiger partial charge in [0.2, 0.25) is 0 Å². The number of phenolic OH excluding ortho intramolecular Hbond substituents is 1. The first-order chi connectivity index (χ1) is 10.0.